The molecular formula is C20H24ClN5O. The highest BCUT2D eigenvalue weighted by molar-refractivity contribution is 6.30. The smallest absolute Gasteiger partial charge is 0.258 e. The average Bonchev–Trinajstić information content (AvgIpc) is 3.07. The summed E-state index contributed by atoms with van der Waals surface area (Å²) in [5, 5.41) is 0.532. The quantitative estimate of drug-likeness (QED) is 0.676. The van der Waals surface area contributed by atoms with Crippen molar-refractivity contribution in [1.82, 2.24) is 23.8 Å². The van der Waals surface area contributed by atoms with Gasteiger partial charge in [-0.3, -0.25) is 14.1 Å². The first kappa shape index (κ1) is 18.2. The number of pyridine rings is 1. The van der Waals surface area contributed by atoms with Gasteiger partial charge in [0.15, 0.2) is 0 Å². The Labute approximate surface area is 163 Å². The summed E-state index contributed by atoms with van der Waals surface area (Å²) in [5.41, 5.74) is 1.39. The molecule has 0 spiro atoms. The number of imidazole rings is 1. The summed E-state index contributed by atoms with van der Waals surface area (Å²) in [6.07, 6.45) is 10.2. The topological polar surface area (TPSA) is 55.4 Å². The van der Waals surface area contributed by atoms with Gasteiger partial charge in [-0.1, -0.05) is 18.0 Å². The van der Waals surface area contributed by atoms with Crippen LogP contribution in [-0.4, -0.2) is 36.4 Å². The third-order valence-corrected chi connectivity index (χ3v) is 5.64. The fourth-order valence-corrected chi connectivity index (χ4v) is 4.10. The lowest BCUT2D eigenvalue weighted by Crippen LogP contribution is -2.40. The summed E-state index contributed by atoms with van der Waals surface area (Å²) >= 11 is 5.99. The molecule has 1 fully saturated rings. The molecule has 0 aromatic carbocycles. The molecule has 1 saturated heterocycles. The summed E-state index contributed by atoms with van der Waals surface area (Å²) in [4.78, 5) is 23.9. The van der Waals surface area contributed by atoms with Crippen LogP contribution in [0.2, 0.25) is 5.02 Å². The highest BCUT2D eigenvalue weighted by atomic mass is 35.5. The molecule has 6 nitrogen and oxygen atoms in total. The molecule has 3 aromatic heterocycles. The first-order valence-electron chi connectivity index (χ1n) is 9.50. The molecule has 1 aliphatic heterocycles. The Balaban J connectivity index is 1.51. The zero-order valence-corrected chi connectivity index (χ0v) is 16.3. The van der Waals surface area contributed by atoms with Crippen LogP contribution in [0.5, 0.6) is 0 Å². The van der Waals surface area contributed by atoms with Gasteiger partial charge >= 0.3 is 0 Å². The van der Waals surface area contributed by atoms with Crippen molar-refractivity contribution in [3.8, 4) is 0 Å². The zero-order chi connectivity index (χ0) is 18.8. The Morgan fingerprint density at radius 3 is 3.00 bits per heavy atom. The largest absolute Gasteiger partial charge is 0.335 e. The van der Waals surface area contributed by atoms with E-state index in [1.807, 2.05) is 19.3 Å². The minimum Gasteiger partial charge on any atom is -0.335 e. The van der Waals surface area contributed by atoms with Crippen molar-refractivity contribution < 1.29 is 0 Å². The van der Waals surface area contributed by atoms with Gasteiger partial charge in [0.25, 0.3) is 5.56 Å². The molecule has 4 rings (SSSR count). The molecule has 0 bridgehead atoms. The Kier molecular flexibility index (Phi) is 5.27. The molecule has 1 aliphatic rings. The monoisotopic (exact) mass is 385 g/mol. The molecule has 1 unspecified atom stereocenters. The van der Waals surface area contributed by atoms with Crippen LogP contribution in [0, 0.1) is 6.92 Å². The average molecular weight is 386 g/mol. The number of rotatable bonds is 5. The van der Waals surface area contributed by atoms with E-state index in [1.165, 1.54) is 23.7 Å². The van der Waals surface area contributed by atoms with Crippen LogP contribution in [0.4, 0.5) is 0 Å². The van der Waals surface area contributed by atoms with Crippen molar-refractivity contribution in [3.63, 3.8) is 0 Å². The number of aryl methyl sites for hydroxylation is 2. The van der Waals surface area contributed by atoms with Crippen LogP contribution >= 0.6 is 11.6 Å². The van der Waals surface area contributed by atoms with Gasteiger partial charge in [0, 0.05) is 43.8 Å². The molecule has 0 N–H and O–H groups in total. The normalized spacial score (nSPS) is 18.2. The fraction of sp³-hybridized carbons (Fsp3) is 0.450. The van der Waals surface area contributed by atoms with Gasteiger partial charge < -0.3 is 4.57 Å². The standard InChI is InChI=1S/C20H24ClN5O/c1-15-22-8-11-24(15)10-7-18-4-2-3-9-25(18)14-17-12-20(27)26-13-16(21)5-6-19(26)23-17/h5-6,8,11-13,18H,2-4,7,9-10,14H2,1H3. The van der Waals surface area contributed by atoms with Crippen molar-refractivity contribution in [2.75, 3.05) is 6.54 Å². The molecule has 0 saturated carbocycles. The van der Waals surface area contributed by atoms with E-state index in [0.29, 0.717) is 23.3 Å². The molecule has 3 aromatic rings. The molecule has 0 radical (unpaired) electrons. The van der Waals surface area contributed by atoms with E-state index in [4.69, 9.17) is 11.6 Å². The third kappa shape index (κ3) is 4.06. The van der Waals surface area contributed by atoms with Crippen LogP contribution in [0.25, 0.3) is 5.65 Å². The van der Waals surface area contributed by atoms with Crippen molar-refractivity contribution in [1.29, 1.82) is 0 Å². The molecule has 142 valence electrons. The van der Waals surface area contributed by atoms with Crippen molar-refractivity contribution in [3.05, 3.63) is 63.7 Å². The third-order valence-electron chi connectivity index (χ3n) is 5.42. The van der Waals surface area contributed by atoms with Crippen molar-refractivity contribution in [2.24, 2.45) is 0 Å². The van der Waals surface area contributed by atoms with E-state index >= 15 is 0 Å². The van der Waals surface area contributed by atoms with Gasteiger partial charge in [0.05, 0.1) is 10.7 Å². The van der Waals surface area contributed by atoms with Gasteiger partial charge in [0.2, 0.25) is 0 Å². The second-order valence-corrected chi connectivity index (χ2v) is 7.67. The molecule has 4 heterocycles. The lowest BCUT2D eigenvalue weighted by atomic mass is 9.99. The Morgan fingerprint density at radius 2 is 2.19 bits per heavy atom. The second kappa shape index (κ2) is 7.82. The summed E-state index contributed by atoms with van der Waals surface area (Å²) < 4.78 is 3.71. The number of aromatic nitrogens is 4. The predicted octanol–water partition coefficient (Wildman–Crippen LogP) is 3.30. The first-order chi connectivity index (χ1) is 13.1. The highest BCUT2D eigenvalue weighted by Gasteiger charge is 2.23. The van der Waals surface area contributed by atoms with E-state index < -0.39 is 0 Å². The maximum atomic E-state index is 12.4. The Hall–Kier alpha value is -2.18. The number of fused-ring (bicyclic) bond motifs is 1. The number of hydrogen-bond acceptors (Lipinski definition) is 4. The van der Waals surface area contributed by atoms with Crippen LogP contribution in [0.15, 0.2) is 41.6 Å². The molecular weight excluding hydrogens is 362 g/mol. The summed E-state index contributed by atoms with van der Waals surface area (Å²) in [6, 6.07) is 5.70. The molecule has 0 amide bonds. The molecule has 1 atom stereocenters. The minimum absolute atomic E-state index is 0.0832. The fourth-order valence-electron chi connectivity index (χ4n) is 3.94. The summed E-state index contributed by atoms with van der Waals surface area (Å²) in [5.74, 6) is 1.06. The lowest BCUT2D eigenvalue weighted by Gasteiger charge is -2.35. The van der Waals surface area contributed by atoms with Gasteiger partial charge in [0.1, 0.15) is 11.5 Å². The number of piperidine rings is 1. The van der Waals surface area contributed by atoms with Crippen LogP contribution in [0.1, 0.15) is 37.2 Å². The number of halogens is 1. The zero-order valence-electron chi connectivity index (χ0n) is 15.5. The van der Waals surface area contributed by atoms with Crippen LogP contribution < -0.4 is 5.56 Å². The highest BCUT2D eigenvalue weighted by Crippen LogP contribution is 2.22. The van der Waals surface area contributed by atoms with Gasteiger partial charge in [-0.05, 0) is 44.9 Å². The van der Waals surface area contributed by atoms with Gasteiger partial charge in [-0.2, -0.15) is 0 Å². The second-order valence-electron chi connectivity index (χ2n) is 7.24. The Bertz CT molecular complexity index is 995. The van der Waals surface area contributed by atoms with E-state index in [9.17, 15) is 4.79 Å². The van der Waals surface area contributed by atoms with E-state index in [0.717, 1.165) is 31.0 Å². The molecule has 27 heavy (non-hydrogen) atoms. The van der Waals surface area contributed by atoms with Crippen LogP contribution in [0.3, 0.4) is 0 Å². The Morgan fingerprint density at radius 1 is 1.30 bits per heavy atom. The van der Waals surface area contributed by atoms with Gasteiger partial charge in [-0.25, -0.2) is 9.97 Å². The number of nitrogens with zero attached hydrogens (tertiary/aromatic N) is 5. The number of hydrogen-bond donors (Lipinski definition) is 0. The maximum absolute atomic E-state index is 12.4. The molecule has 7 heteroatoms. The lowest BCUT2D eigenvalue weighted by molar-refractivity contribution is 0.126. The van der Waals surface area contributed by atoms with Crippen LogP contribution in [-0.2, 0) is 13.1 Å². The van der Waals surface area contributed by atoms with Crippen molar-refractivity contribution >= 4 is 17.2 Å². The summed E-state index contributed by atoms with van der Waals surface area (Å²) in [6.45, 7) is 4.77. The SMILES string of the molecule is Cc1nccn1CCC1CCCCN1Cc1cc(=O)n2cc(Cl)ccc2n1. The summed E-state index contributed by atoms with van der Waals surface area (Å²) in [7, 11) is 0. The van der Waals surface area contributed by atoms with E-state index in [1.54, 1.807) is 24.4 Å². The van der Waals surface area contributed by atoms with Gasteiger partial charge in [-0.15, -0.1) is 0 Å². The number of likely N-dealkylation sites (tertiary alicyclic amines) is 1. The molecule has 0 aliphatic carbocycles. The van der Waals surface area contributed by atoms with E-state index in [2.05, 4.69) is 19.4 Å². The minimum atomic E-state index is -0.0832. The maximum Gasteiger partial charge on any atom is 0.258 e. The van der Waals surface area contributed by atoms with Crippen molar-refractivity contribution in [2.45, 2.75) is 51.7 Å². The predicted molar refractivity (Wildman–Crippen MR) is 106 cm³/mol. The first-order valence-corrected chi connectivity index (χ1v) is 9.87. The van der Waals surface area contributed by atoms with E-state index in [-0.39, 0.29) is 5.56 Å².